The van der Waals surface area contributed by atoms with Gasteiger partial charge in [0.2, 0.25) is 0 Å². The summed E-state index contributed by atoms with van der Waals surface area (Å²) in [6.45, 7) is 7.53. The number of nitrogens with zero attached hydrogens (tertiary/aromatic N) is 3. The van der Waals surface area contributed by atoms with Crippen LogP contribution in [0.1, 0.15) is 56.5 Å². The summed E-state index contributed by atoms with van der Waals surface area (Å²) >= 11 is 0. The van der Waals surface area contributed by atoms with Gasteiger partial charge in [-0.25, -0.2) is 0 Å². The number of fused-ring (bicyclic) bond motifs is 1. The van der Waals surface area contributed by atoms with Crippen molar-refractivity contribution in [1.82, 2.24) is 20.1 Å². The fraction of sp³-hybridized carbons (Fsp3) is 0.529. The monoisotopic (exact) mass is 284 g/mol. The van der Waals surface area contributed by atoms with Crippen LogP contribution in [-0.4, -0.2) is 14.8 Å². The molecular weight excluding hydrogens is 260 g/mol. The van der Waals surface area contributed by atoms with Gasteiger partial charge in [0, 0.05) is 36.2 Å². The molecule has 1 N–H and O–H groups in total. The zero-order valence-electron chi connectivity index (χ0n) is 13.1. The van der Waals surface area contributed by atoms with Crippen molar-refractivity contribution in [2.24, 2.45) is 0 Å². The van der Waals surface area contributed by atoms with Gasteiger partial charge < -0.3 is 5.32 Å². The highest BCUT2D eigenvalue weighted by molar-refractivity contribution is 5.26. The molecule has 0 bridgehead atoms. The van der Waals surface area contributed by atoms with Crippen molar-refractivity contribution in [3.63, 3.8) is 0 Å². The molecule has 0 amide bonds. The predicted octanol–water partition coefficient (Wildman–Crippen LogP) is 3.20. The molecule has 4 nitrogen and oxygen atoms in total. The topological polar surface area (TPSA) is 42.7 Å². The summed E-state index contributed by atoms with van der Waals surface area (Å²) < 4.78 is 2.20. The zero-order valence-corrected chi connectivity index (χ0v) is 13.1. The minimum Gasteiger partial charge on any atom is -0.306 e. The number of pyridine rings is 1. The largest absolute Gasteiger partial charge is 0.306 e. The van der Waals surface area contributed by atoms with Crippen LogP contribution in [0.25, 0.3) is 0 Å². The minimum atomic E-state index is 0.0561. The van der Waals surface area contributed by atoms with Gasteiger partial charge in [-0.3, -0.25) is 9.67 Å². The number of nitrogens with one attached hydrogen (secondary N) is 1. The van der Waals surface area contributed by atoms with E-state index in [0.29, 0.717) is 6.04 Å². The van der Waals surface area contributed by atoms with Crippen molar-refractivity contribution >= 4 is 0 Å². The predicted molar refractivity (Wildman–Crippen MR) is 84.0 cm³/mol. The molecule has 0 saturated heterocycles. The van der Waals surface area contributed by atoms with E-state index in [9.17, 15) is 0 Å². The molecule has 0 aliphatic heterocycles. The maximum atomic E-state index is 4.64. The summed E-state index contributed by atoms with van der Waals surface area (Å²) in [5.41, 5.74) is 4.12. The Balaban J connectivity index is 1.77. The molecule has 0 unspecified atom stereocenters. The summed E-state index contributed by atoms with van der Waals surface area (Å²) in [4.78, 5) is 4.07. The Kier molecular flexibility index (Phi) is 3.81. The lowest BCUT2D eigenvalue weighted by molar-refractivity contribution is 0.334. The van der Waals surface area contributed by atoms with Crippen molar-refractivity contribution in [3.05, 3.63) is 47.5 Å². The third-order valence-corrected chi connectivity index (χ3v) is 4.12. The van der Waals surface area contributed by atoms with Crippen molar-refractivity contribution in [2.75, 3.05) is 0 Å². The van der Waals surface area contributed by atoms with Gasteiger partial charge in [-0.05, 0) is 57.7 Å². The SMILES string of the molecule is CC(C)(C)n1ncc2c1CCC[C@H]2NCc1ccncc1. The Morgan fingerprint density at radius 3 is 2.76 bits per heavy atom. The maximum absolute atomic E-state index is 4.64. The second-order valence-corrected chi connectivity index (χ2v) is 6.81. The first-order valence-corrected chi connectivity index (χ1v) is 7.75. The highest BCUT2D eigenvalue weighted by Crippen LogP contribution is 2.32. The van der Waals surface area contributed by atoms with Crippen molar-refractivity contribution < 1.29 is 0 Å². The number of aromatic nitrogens is 3. The second kappa shape index (κ2) is 5.60. The third-order valence-electron chi connectivity index (χ3n) is 4.12. The molecule has 2 heterocycles. The molecule has 0 radical (unpaired) electrons. The van der Waals surface area contributed by atoms with E-state index in [1.165, 1.54) is 29.7 Å². The molecule has 0 spiro atoms. The molecule has 2 aromatic heterocycles. The fourth-order valence-corrected chi connectivity index (χ4v) is 3.09. The Labute approximate surface area is 126 Å². The summed E-state index contributed by atoms with van der Waals surface area (Å²) in [6, 6.07) is 4.54. The molecule has 0 saturated carbocycles. The van der Waals surface area contributed by atoms with Gasteiger partial charge in [-0.1, -0.05) is 0 Å². The first-order chi connectivity index (χ1) is 10.1. The summed E-state index contributed by atoms with van der Waals surface area (Å²) in [6.07, 6.45) is 9.31. The van der Waals surface area contributed by atoms with Crippen LogP contribution in [-0.2, 0) is 18.5 Å². The number of hydrogen-bond donors (Lipinski definition) is 1. The summed E-state index contributed by atoms with van der Waals surface area (Å²) in [7, 11) is 0. The van der Waals surface area contributed by atoms with Crippen LogP contribution in [0, 0.1) is 0 Å². The first kappa shape index (κ1) is 14.3. The van der Waals surface area contributed by atoms with Gasteiger partial charge in [0.25, 0.3) is 0 Å². The van der Waals surface area contributed by atoms with Gasteiger partial charge in [-0.2, -0.15) is 5.10 Å². The lowest BCUT2D eigenvalue weighted by atomic mass is 9.92. The lowest BCUT2D eigenvalue weighted by Gasteiger charge is -2.28. The molecule has 112 valence electrons. The van der Waals surface area contributed by atoms with Gasteiger partial charge in [-0.15, -0.1) is 0 Å². The van der Waals surface area contributed by atoms with Crippen LogP contribution in [0.2, 0.25) is 0 Å². The van der Waals surface area contributed by atoms with Gasteiger partial charge in [0.15, 0.2) is 0 Å². The highest BCUT2D eigenvalue weighted by Gasteiger charge is 2.27. The lowest BCUT2D eigenvalue weighted by Crippen LogP contribution is -2.29. The molecular formula is C17H24N4. The molecule has 0 fully saturated rings. The molecule has 0 aromatic carbocycles. The average Bonchev–Trinajstić information content (AvgIpc) is 2.90. The van der Waals surface area contributed by atoms with E-state index in [4.69, 9.17) is 0 Å². The van der Waals surface area contributed by atoms with E-state index in [1.807, 2.05) is 12.4 Å². The fourth-order valence-electron chi connectivity index (χ4n) is 3.09. The van der Waals surface area contributed by atoms with Crippen LogP contribution in [0.5, 0.6) is 0 Å². The molecule has 4 heteroatoms. The molecule has 1 aliphatic carbocycles. The van der Waals surface area contributed by atoms with Crippen molar-refractivity contribution in [1.29, 1.82) is 0 Å². The summed E-state index contributed by atoms with van der Waals surface area (Å²) in [5.74, 6) is 0. The van der Waals surface area contributed by atoms with E-state index < -0.39 is 0 Å². The first-order valence-electron chi connectivity index (χ1n) is 7.75. The van der Waals surface area contributed by atoms with E-state index in [0.717, 1.165) is 13.0 Å². The van der Waals surface area contributed by atoms with Gasteiger partial charge in [0.05, 0.1) is 11.7 Å². The van der Waals surface area contributed by atoms with E-state index in [-0.39, 0.29) is 5.54 Å². The van der Waals surface area contributed by atoms with E-state index >= 15 is 0 Å². The van der Waals surface area contributed by atoms with Crippen LogP contribution < -0.4 is 5.32 Å². The average molecular weight is 284 g/mol. The van der Waals surface area contributed by atoms with Gasteiger partial charge in [0.1, 0.15) is 0 Å². The molecule has 21 heavy (non-hydrogen) atoms. The Hall–Kier alpha value is -1.68. The molecule has 1 aliphatic rings. The van der Waals surface area contributed by atoms with Crippen LogP contribution in [0.4, 0.5) is 0 Å². The van der Waals surface area contributed by atoms with Crippen molar-refractivity contribution in [3.8, 4) is 0 Å². The summed E-state index contributed by atoms with van der Waals surface area (Å²) in [5, 5.41) is 8.32. The Bertz CT molecular complexity index is 595. The van der Waals surface area contributed by atoms with E-state index in [1.54, 1.807) is 0 Å². The van der Waals surface area contributed by atoms with Crippen LogP contribution >= 0.6 is 0 Å². The standard InChI is InChI=1S/C17H24N4/c1-17(2,3)21-16-6-4-5-15(14(16)12-20-21)19-11-13-7-9-18-10-8-13/h7-10,12,15,19H,4-6,11H2,1-3H3/t15-/m1/s1. The zero-order chi connectivity index (χ0) is 14.9. The van der Waals surface area contributed by atoms with E-state index in [2.05, 4.69) is 59.2 Å². The minimum absolute atomic E-state index is 0.0561. The maximum Gasteiger partial charge on any atom is 0.0546 e. The smallest absolute Gasteiger partial charge is 0.0546 e. The second-order valence-electron chi connectivity index (χ2n) is 6.81. The van der Waals surface area contributed by atoms with Crippen LogP contribution in [0.3, 0.4) is 0 Å². The number of hydrogen-bond acceptors (Lipinski definition) is 3. The van der Waals surface area contributed by atoms with Gasteiger partial charge >= 0.3 is 0 Å². The molecule has 2 aromatic rings. The highest BCUT2D eigenvalue weighted by atomic mass is 15.3. The Morgan fingerprint density at radius 2 is 2.05 bits per heavy atom. The number of rotatable bonds is 3. The quantitative estimate of drug-likeness (QED) is 0.941. The van der Waals surface area contributed by atoms with Crippen molar-refractivity contribution in [2.45, 2.75) is 58.2 Å². The molecule has 1 atom stereocenters. The Morgan fingerprint density at radius 1 is 1.29 bits per heavy atom. The van der Waals surface area contributed by atoms with Crippen LogP contribution in [0.15, 0.2) is 30.7 Å². The normalized spacial score (nSPS) is 18.5. The third kappa shape index (κ3) is 3.00. The molecule has 3 rings (SSSR count).